The monoisotopic (exact) mass is 463 g/mol. The molecule has 11 heteroatoms. The van der Waals surface area contributed by atoms with Crippen molar-refractivity contribution in [1.82, 2.24) is 19.6 Å². The fraction of sp³-hybridized carbons (Fsp3) is 0.524. The van der Waals surface area contributed by atoms with Gasteiger partial charge in [0, 0.05) is 13.0 Å². The molecule has 0 aliphatic carbocycles. The average molecular weight is 464 g/mol. The van der Waals surface area contributed by atoms with Crippen LogP contribution in [0.3, 0.4) is 0 Å². The number of unbranched alkanes of at least 4 members (excludes halogenated alkanes) is 1. The SMILES string of the molecule is CCCCNSc1nc2c(n1[C@@H]1O[C@H](CO)[C@@H](O)[C@H]1O)N=CNC2(O)Cc1ccccc1. The van der Waals surface area contributed by atoms with E-state index in [2.05, 4.69) is 26.9 Å². The van der Waals surface area contributed by atoms with Crippen LogP contribution in [0.5, 0.6) is 0 Å². The van der Waals surface area contributed by atoms with Gasteiger partial charge in [-0.25, -0.2) is 9.98 Å². The first-order valence-corrected chi connectivity index (χ1v) is 11.5. The first-order valence-electron chi connectivity index (χ1n) is 10.7. The van der Waals surface area contributed by atoms with Crippen LogP contribution >= 0.6 is 11.9 Å². The Labute approximate surface area is 190 Å². The van der Waals surface area contributed by atoms with E-state index in [4.69, 9.17) is 4.74 Å². The van der Waals surface area contributed by atoms with Crippen molar-refractivity contribution in [1.29, 1.82) is 0 Å². The summed E-state index contributed by atoms with van der Waals surface area (Å²) in [6, 6.07) is 9.52. The maximum absolute atomic E-state index is 11.5. The van der Waals surface area contributed by atoms with Crippen LogP contribution in [0.25, 0.3) is 0 Å². The summed E-state index contributed by atoms with van der Waals surface area (Å²) in [7, 11) is 0. The van der Waals surface area contributed by atoms with Gasteiger partial charge in [-0.1, -0.05) is 43.7 Å². The Morgan fingerprint density at radius 2 is 2.03 bits per heavy atom. The van der Waals surface area contributed by atoms with Crippen molar-refractivity contribution in [3.63, 3.8) is 0 Å². The van der Waals surface area contributed by atoms with Gasteiger partial charge in [-0.05, 0) is 23.9 Å². The van der Waals surface area contributed by atoms with Gasteiger partial charge in [-0.3, -0.25) is 9.29 Å². The van der Waals surface area contributed by atoms with Crippen molar-refractivity contribution in [3.8, 4) is 0 Å². The zero-order valence-corrected chi connectivity index (χ0v) is 18.6. The smallest absolute Gasteiger partial charge is 0.187 e. The summed E-state index contributed by atoms with van der Waals surface area (Å²) in [6.07, 6.45) is -0.887. The van der Waals surface area contributed by atoms with Gasteiger partial charge in [-0.15, -0.1) is 0 Å². The number of hydrogen-bond donors (Lipinski definition) is 6. The van der Waals surface area contributed by atoms with Crippen molar-refractivity contribution in [2.45, 2.75) is 61.6 Å². The molecule has 4 rings (SSSR count). The Morgan fingerprint density at radius 3 is 2.72 bits per heavy atom. The molecule has 6 N–H and O–H groups in total. The number of benzene rings is 1. The van der Waals surface area contributed by atoms with E-state index < -0.39 is 36.9 Å². The zero-order chi connectivity index (χ0) is 22.7. The van der Waals surface area contributed by atoms with E-state index in [0.29, 0.717) is 16.7 Å². The zero-order valence-electron chi connectivity index (χ0n) is 17.8. The summed E-state index contributed by atoms with van der Waals surface area (Å²) in [6.45, 7) is 2.39. The average Bonchev–Trinajstić information content (AvgIpc) is 3.30. The first-order chi connectivity index (χ1) is 15.5. The third-order valence-electron chi connectivity index (χ3n) is 5.61. The summed E-state index contributed by atoms with van der Waals surface area (Å²) in [5.74, 6) is 0.316. The fourth-order valence-corrected chi connectivity index (χ4v) is 4.66. The van der Waals surface area contributed by atoms with E-state index in [1.165, 1.54) is 18.3 Å². The van der Waals surface area contributed by atoms with E-state index in [9.17, 15) is 20.4 Å². The van der Waals surface area contributed by atoms with Gasteiger partial charge >= 0.3 is 0 Å². The molecule has 3 heterocycles. The Kier molecular flexibility index (Phi) is 7.15. The predicted molar refractivity (Wildman–Crippen MR) is 119 cm³/mol. The molecule has 1 aromatic heterocycles. The number of aliphatic hydroxyl groups excluding tert-OH is 3. The third kappa shape index (κ3) is 4.42. The minimum absolute atomic E-state index is 0.243. The highest BCUT2D eigenvalue weighted by atomic mass is 32.2. The maximum atomic E-state index is 11.5. The van der Waals surface area contributed by atoms with Crippen LogP contribution in [-0.4, -0.2) is 67.8 Å². The molecule has 1 aromatic carbocycles. The lowest BCUT2D eigenvalue weighted by molar-refractivity contribution is -0.0560. The number of ether oxygens (including phenoxy) is 1. The van der Waals surface area contributed by atoms with Crippen LogP contribution in [-0.2, 0) is 16.9 Å². The van der Waals surface area contributed by atoms with Gasteiger partial charge in [0.1, 0.15) is 24.0 Å². The molecule has 32 heavy (non-hydrogen) atoms. The Balaban J connectivity index is 1.72. The number of aliphatic imine (C=N–C) groups is 1. The Bertz CT molecular complexity index is 942. The molecule has 0 bridgehead atoms. The van der Waals surface area contributed by atoms with Crippen LogP contribution in [0.15, 0.2) is 40.5 Å². The minimum atomic E-state index is -1.53. The molecule has 0 saturated carbocycles. The lowest BCUT2D eigenvalue weighted by Gasteiger charge is -2.30. The van der Waals surface area contributed by atoms with Crippen molar-refractivity contribution < 1.29 is 25.2 Å². The maximum Gasteiger partial charge on any atom is 0.187 e. The number of fused-ring (bicyclic) bond motifs is 1. The van der Waals surface area contributed by atoms with Crippen molar-refractivity contribution >= 4 is 24.1 Å². The molecule has 10 nitrogen and oxygen atoms in total. The number of nitrogens with one attached hydrogen (secondary N) is 2. The highest BCUT2D eigenvalue weighted by Gasteiger charge is 2.47. The normalized spacial score (nSPS) is 29.2. The van der Waals surface area contributed by atoms with Crippen molar-refractivity contribution in [2.24, 2.45) is 4.99 Å². The van der Waals surface area contributed by atoms with Crippen LogP contribution in [0.4, 0.5) is 5.82 Å². The quantitative estimate of drug-likeness (QED) is 0.232. The van der Waals surface area contributed by atoms with Crippen LogP contribution in [0.1, 0.15) is 37.3 Å². The molecule has 2 aliphatic heterocycles. The highest BCUT2D eigenvalue weighted by molar-refractivity contribution is 7.97. The largest absolute Gasteiger partial charge is 0.394 e. The molecule has 1 saturated heterocycles. The summed E-state index contributed by atoms with van der Waals surface area (Å²) >= 11 is 1.24. The van der Waals surface area contributed by atoms with E-state index in [1.54, 1.807) is 4.57 Å². The van der Waals surface area contributed by atoms with E-state index in [1.807, 2.05) is 30.3 Å². The van der Waals surface area contributed by atoms with Gasteiger partial charge in [0.25, 0.3) is 0 Å². The predicted octanol–water partition coefficient (Wildman–Crippen LogP) is 0.542. The van der Waals surface area contributed by atoms with Crippen LogP contribution < -0.4 is 10.0 Å². The number of aliphatic hydroxyl groups is 4. The molecular formula is C21H29N5O5S. The standard InChI is InChI=1S/C21H29N5O5S/c1-2-3-9-24-32-20-25-17-18(26(20)19-16(29)15(28)14(11-27)31-19)22-12-23-21(17,30)10-13-7-5-4-6-8-13/h4-8,12,14-16,19,24,27-30H,2-3,9-11H2,1H3,(H,22,23)/t14-,15-,16-,19-,21?/m1/s1. The third-order valence-corrected chi connectivity index (χ3v) is 6.42. The van der Waals surface area contributed by atoms with Gasteiger partial charge < -0.3 is 30.5 Å². The highest BCUT2D eigenvalue weighted by Crippen LogP contribution is 2.42. The Hall–Kier alpha value is -1.99. The second kappa shape index (κ2) is 9.87. The van der Waals surface area contributed by atoms with E-state index >= 15 is 0 Å². The molecular weight excluding hydrogens is 434 g/mol. The Morgan fingerprint density at radius 1 is 1.25 bits per heavy atom. The molecule has 1 fully saturated rings. The lowest BCUT2D eigenvalue weighted by atomic mass is 9.98. The van der Waals surface area contributed by atoms with Crippen LogP contribution in [0.2, 0.25) is 0 Å². The van der Waals surface area contributed by atoms with Crippen molar-refractivity contribution in [3.05, 3.63) is 41.6 Å². The molecule has 0 radical (unpaired) electrons. The number of imidazole rings is 1. The number of rotatable bonds is 9. The van der Waals surface area contributed by atoms with Crippen LogP contribution in [0, 0.1) is 0 Å². The fourth-order valence-electron chi connectivity index (χ4n) is 3.86. The second-order valence-electron chi connectivity index (χ2n) is 7.94. The summed E-state index contributed by atoms with van der Waals surface area (Å²) < 4.78 is 10.6. The molecule has 1 unspecified atom stereocenters. The van der Waals surface area contributed by atoms with Crippen molar-refractivity contribution in [2.75, 3.05) is 13.2 Å². The first kappa shape index (κ1) is 23.2. The molecule has 0 spiro atoms. The molecule has 2 aliphatic rings. The molecule has 174 valence electrons. The van der Waals surface area contributed by atoms with E-state index in [0.717, 1.165) is 24.9 Å². The summed E-state index contributed by atoms with van der Waals surface area (Å²) in [4.78, 5) is 9.03. The topological polar surface area (TPSA) is 144 Å². The number of nitrogens with zero attached hydrogens (tertiary/aromatic N) is 3. The number of aromatic nitrogens is 2. The van der Waals surface area contributed by atoms with Gasteiger partial charge in [0.15, 0.2) is 22.9 Å². The molecule has 5 atom stereocenters. The minimum Gasteiger partial charge on any atom is -0.394 e. The van der Waals surface area contributed by atoms with Gasteiger partial charge in [0.2, 0.25) is 0 Å². The molecule has 0 amide bonds. The summed E-state index contributed by atoms with van der Waals surface area (Å²) in [5.41, 5.74) is -0.330. The van der Waals surface area contributed by atoms with Gasteiger partial charge in [-0.2, -0.15) is 0 Å². The lowest BCUT2D eigenvalue weighted by Crippen LogP contribution is -2.45. The molecule has 2 aromatic rings. The second-order valence-corrected chi connectivity index (χ2v) is 8.80. The van der Waals surface area contributed by atoms with E-state index in [-0.39, 0.29) is 6.42 Å². The van der Waals surface area contributed by atoms with Gasteiger partial charge in [0.05, 0.1) is 12.9 Å². The summed E-state index contributed by atoms with van der Waals surface area (Å²) in [5, 5.41) is 45.2. The number of hydrogen-bond acceptors (Lipinski definition) is 10.